The normalized spacial score (nSPS) is 19.2. The Morgan fingerprint density at radius 2 is 2.19 bits per heavy atom. The number of aliphatic hydroxyl groups excluding tert-OH is 1. The molecule has 0 atom stereocenters. The lowest BCUT2D eigenvalue weighted by molar-refractivity contribution is 0.0396. The molecule has 0 aromatic rings. The van der Waals surface area contributed by atoms with Crippen LogP contribution < -0.4 is 0 Å². The van der Waals surface area contributed by atoms with Gasteiger partial charge in [-0.1, -0.05) is 19.6 Å². The molecule has 21 heavy (non-hydrogen) atoms. The highest BCUT2D eigenvalue weighted by Gasteiger charge is 2.23. The summed E-state index contributed by atoms with van der Waals surface area (Å²) >= 11 is 0. The Balaban J connectivity index is 1.79. The second-order valence-electron chi connectivity index (χ2n) is 7.06. The molecule has 0 aliphatic carbocycles. The van der Waals surface area contributed by atoms with E-state index in [1.165, 1.54) is 17.3 Å². The van der Waals surface area contributed by atoms with Gasteiger partial charge in [0, 0.05) is 27.8 Å². The molecule has 0 aromatic carbocycles. The van der Waals surface area contributed by atoms with Gasteiger partial charge in [0.25, 0.3) is 0 Å². The van der Waals surface area contributed by atoms with E-state index in [0.717, 1.165) is 32.5 Å². The monoisotopic (exact) mass is 311 g/mol. The van der Waals surface area contributed by atoms with E-state index < -0.39 is 8.07 Å². The highest BCUT2D eigenvalue weighted by molar-refractivity contribution is 6.76. The number of rotatable bonds is 7. The lowest BCUT2D eigenvalue weighted by Gasteiger charge is -2.36. The van der Waals surface area contributed by atoms with Gasteiger partial charge in [-0.2, -0.15) is 5.10 Å². The van der Waals surface area contributed by atoms with E-state index in [-0.39, 0.29) is 6.61 Å². The van der Waals surface area contributed by atoms with Crippen molar-refractivity contribution >= 4 is 14.3 Å². The Kier molecular flexibility index (Phi) is 5.84. The third-order valence-corrected chi connectivity index (χ3v) is 5.64. The van der Waals surface area contributed by atoms with Crippen LogP contribution in [0.2, 0.25) is 25.7 Å². The van der Waals surface area contributed by atoms with Crippen LogP contribution >= 0.6 is 0 Å². The number of β-amino-alcohol motifs (C(OH)–C–C–N with tert-alkyl or cyclic N) is 1. The van der Waals surface area contributed by atoms with E-state index >= 15 is 0 Å². The smallest absolute Gasteiger partial charge is 0.135 e. The Bertz CT molecular complexity index is 404. The lowest BCUT2D eigenvalue weighted by Crippen LogP contribution is -2.38. The molecule has 0 amide bonds. The summed E-state index contributed by atoms with van der Waals surface area (Å²) in [5.74, 6) is 0. The summed E-state index contributed by atoms with van der Waals surface area (Å²) in [6.45, 7) is 11.3. The molecule has 0 saturated heterocycles. The van der Waals surface area contributed by atoms with Crippen LogP contribution in [-0.2, 0) is 4.74 Å². The maximum absolute atomic E-state index is 9.13. The number of aliphatic hydroxyl groups is 1. The largest absolute Gasteiger partial charge is 0.395 e. The van der Waals surface area contributed by atoms with Crippen molar-refractivity contribution in [2.75, 3.05) is 39.6 Å². The first-order chi connectivity index (χ1) is 9.99. The van der Waals surface area contributed by atoms with Crippen LogP contribution in [0.15, 0.2) is 16.4 Å². The third kappa shape index (κ3) is 5.12. The van der Waals surface area contributed by atoms with Crippen LogP contribution in [0.1, 0.15) is 12.8 Å². The summed E-state index contributed by atoms with van der Waals surface area (Å²) in [4.78, 5) is 2.24. The summed E-state index contributed by atoms with van der Waals surface area (Å²) in [5.41, 5.74) is 2.65. The van der Waals surface area contributed by atoms with E-state index in [1.807, 2.05) is 11.2 Å². The third-order valence-electron chi connectivity index (χ3n) is 3.93. The predicted octanol–water partition coefficient (Wildman–Crippen LogP) is 1.94. The molecule has 6 heteroatoms. The number of hydrazone groups is 1. The zero-order valence-corrected chi connectivity index (χ0v) is 14.6. The van der Waals surface area contributed by atoms with Crippen LogP contribution in [0.25, 0.3) is 0 Å². The number of nitrogens with zero attached hydrogens (tertiary/aromatic N) is 3. The Hall–Kier alpha value is -0.853. The van der Waals surface area contributed by atoms with Crippen molar-refractivity contribution in [1.82, 2.24) is 9.91 Å². The van der Waals surface area contributed by atoms with Gasteiger partial charge >= 0.3 is 0 Å². The molecule has 0 aromatic heterocycles. The molecule has 0 bridgehead atoms. The van der Waals surface area contributed by atoms with Crippen LogP contribution in [0.5, 0.6) is 0 Å². The molecule has 0 radical (unpaired) electrons. The van der Waals surface area contributed by atoms with E-state index in [9.17, 15) is 0 Å². The highest BCUT2D eigenvalue weighted by Crippen LogP contribution is 2.24. The minimum absolute atomic E-state index is 0.203. The first kappa shape index (κ1) is 16.5. The van der Waals surface area contributed by atoms with Crippen LogP contribution in [-0.4, -0.2) is 68.9 Å². The summed E-state index contributed by atoms with van der Waals surface area (Å²) in [5, 5.41) is 15.6. The van der Waals surface area contributed by atoms with Gasteiger partial charge in [-0.15, -0.1) is 0 Å². The summed E-state index contributed by atoms with van der Waals surface area (Å²) in [6.07, 6.45) is 4.24. The zero-order chi connectivity index (χ0) is 15.3. The van der Waals surface area contributed by atoms with Crippen molar-refractivity contribution in [3.8, 4) is 0 Å². The van der Waals surface area contributed by atoms with Gasteiger partial charge in [-0.3, -0.25) is 5.01 Å². The Morgan fingerprint density at radius 3 is 2.90 bits per heavy atom. The Morgan fingerprint density at radius 1 is 1.38 bits per heavy atom. The second kappa shape index (κ2) is 7.42. The van der Waals surface area contributed by atoms with E-state index in [1.54, 1.807) is 0 Å². The van der Waals surface area contributed by atoms with Crippen LogP contribution in [0.4, 0.5) is 0 Å². The van der Waals surface area contributed by atoms with Gasteiger partial charge in [-0.05, 0) is 24.5 Å². The lowest BCUT2D eigenvalue weighted by atomic mass is 10.0. The first-order valence-corrected chi connectivity index (χ1v) is 11.6. The van der Waals surface area contributed by atoms with Crippen molar-refractivity contribution in [1.29, 1.82) is 0 Å². The van der Waals surface area contributed by atoms with Gasteiger partial charge in [0.1, 0.15) is 6.73 Å². The second-order valence-corrected chi connectivity index (χ2v) is 12.7. The quantitative estimate of drug-likeness (QED) is 0.577. The molecule has 2 rings (SSSR count). The molecule has 2 aliphatic heterocycles. The average Bonchev–Trinajstić information content (AvgIpc) is 2.43. The average molecular weight is 312 g/mol. The van der Waals surface area contributed by atoms with Crippen LogP contribution in [0, 0.1) is 0 Å². The Labute approximate surface area is 129 Å². The van der Waals surface area contributed by atoms with Gasteiger partial charge < -0.3 is 14.7 Å². The summed E-state index contributed by atoms with van der Waals surface area (Å²) in [7, 11) is -1.01. The highest BCUT2D eigenvalue weighted by atomic mass is 28.3. The van der Waals surface area contributed by atoms with Gasteiger partial charge in [0.15, 0.2) is 0 Å². The number of hydrogen-bond donors (Lipinski definition) is 1. The molecule has 120 valence electrons. The molecule has 0 fully saturated rings. The fraction of sp³-hybridized carbons (Fsp3) is 0.800. The fourth-order valence-corrected chi connectivity index (χ4v) is 3.42. The molecular formula is C15H29N3O2Si. The van der Waals surface area contributed by atoms with Crippen molar-refractivity contribution in [2.45, 2.75) is 38.5 Å². The molecule has 5 nitrogen and oxygen atoms in total. The molecule has 0 saturated carbocycles. The van der Waals surface area contributed by atoms with Gasteiger partial charge in [-0.25, -0.2) is 0 Å². The summed E-state index contributed by atoms with van der Waals surface area (Å²) < 4.78 is 5.77. The number of hydrogen-bond acceptors (Lipinski definition) is 5. The van der Waals surface area contributed by atoms with Gasteiger partial charge in [0.05, 0.1) is 25.1 Å². The maximum Gasteiger partial charge on any atom is 0.135 e. The fourth-order valence-electron chi connectivity index (χ4n) is 2.67. The summed E-state index contributed by atoms with van der Waals surface area (Å²) in [6, 6.07) is 1.20. The minimum Gasteiger partial charge on any atom is -0.395 e. The topological polar surface area (TPSA) is 48.3 Å². The first-order valence-electron chi connectivity index (χ1n) is 7.94. The van der Waals surface area contributed by atoms with E-state index in [0.29, 0.717) is 13.3 Å². The van der Waals surface area contributed by atoms with Gasteiger partial charge in [0.2, 0.25) is 0 Å². The van der Waals surface area contributed by atoms with Crippen molar-refractivity contribution < 1.29 is 9.84 Å². The molecule has 0 unspecified atom stereocenters. The van der Waals surface area contributed by atoms with E-state index in [2.05, 4.69) is 29.6 Å². The molecule has 2 aliphatic rings. The molecule has 1 N–H and O–H groups in total. The van der Waals surface area contributed by atoms with Crippen molar-refractivity contribution in [2.24, 2.45) is 5.10 Å². The zero-order valence-electron chi connectivity index (χ0n) is 13.6. The molecule has 0 spiro atoms. The van der Waals surface area contributed by atoms with E-state index in [4.69, 9.17) is 9.84 Å². The SMILES string of the molecule is C[Si](C)(C)CCOCN1CC2=C(C=N1)N(CCO)CCC2. The van der Waals surface area contributed by atoms with Crippen molar-refractivity contribution in [3.63, 3.8) is 0 Å². The number of allylic oxidation sites excluding steroid dienone is 1. The predicted molar refractivity (Wildman–Crippen MR) is 89.1 cm³/mol. The molecular weight excluding hydrogens is 282 g/mol. The minimum atomic E-state index is -1.01. The maximum atomic E-state index is 9.13. The molecule has 2 heterocycles. The number of ether oxygens (including phenoxy) is 1. The van der Waals surface area contributed by atoms with Crippen LogP contribution in [0.3, 0.4) is 0 Å². The van der Waals surface area contributed by atoms with Crippen molar-refractivity contribution in [3.05, 3.63) is 11.3 Å². The standard InChI is InChI=1S/C15H29N3O2Si/c1-21(2,3)10-9-20-13-18-12-14-5-4-6-17(7-8-19)15(14)11-16-18/h11,19H,4-10,12-13H2,1-3H3.